The second kappa shape index (κ2) is 15.3. The van der Waals surface area contributed by atoms with E-state index in [0.29, 0.717) is 19.4 Å². The van der Waals surface area contributed by atoms with Gasteiger partial charge < -0.3 is 88.3 Å². The number of aliphatic hydroxyl groups excluding tert-OH is 6. The molecule has 4 rings (SSSR count). The average Bonchev–Trinajstić information content (AvgIpc) is 3.28. The summed E-state index contributed by atoms with van der Waals surface area (Å²) in [5.41, 5.74) is 31.0. The van der Waals surface area contributed by atoms with Crippen LogP contribution in [0.1, 0.15) is 26.2 Å². The van der Waals surface area contributed by atoms with Crippen LogP contribution in [0.5, 0.6) is 0 Å². The molecule has 3 heterocycles. The molecule has 3 aliphatic heterocycles. The summed E-state index contributed by atoms with van der Waals surface area (Å²) in [5.74, 6) is -0.641. The number of nitrogens with one attached hydrogen (secondary N) is 1. The van der Waals surface area contributed by atoms with E-state index < -0.39 is 104 Å². The number of hydrogen-bond donors (Lipinski definition) is 12. The SMILES string of the molecule is C[C@H](NCCO)[C@@H]1CC[C@@H](N)[C@@H](C2[C@@H](N)C[C@@H](N)[C@H](O)[C@H]2O[C@@H]2O[C@H](CO)[C@@H](O[C@H]3O[C@@H](CN)[C@@H](O)[C@H](O)[C@H]3N)[C@H]2O)O1. The first-order valence-electron chi connectivity index (χ1n) is 15.1. The zero-order valence-corrected chi connectivity index (χ0v) is 24.5. The van der Waals surface area contributed by atoms with Crippen molar-refractivity contribution >= 4 is 0 Å². The second-order valence-electron chi connectivity index (χ2n) is 12.2. The minimum absolute atomic E-state index is 0.0221. The van der Waals surface area contributed by atoms with Crippen molar-refractivity contribution < 1.29 is 54.3 Å². The minimum atomic E-state index is -1.51. The Labute approximate surface area is 250 Å². The van der Waals surface area contributed by atoms with Crippen molar-refractivity contribution in [2.45, 2.75) is 130 Å². The largest absolute Gasteiger partial charge is 0.395 e. The lowest BCUT2D eigenvalue weighted by Gasteiger charge is -2.50. The molecule has 1 saturated carbocycles. The van der Waals surface area contributed by atoms with Crippen molar-refractivity contribution in [3.05, 3.63) is 0 Å². The predicted octanol–water partition coefficient (Wildman–Crippen LogP) is -6.55. The van der Waals surface area contributed by atoms with Crippen LogP contribution in [-0.2, 0) is 23.7 Å². The fourth-order valence-corrected chi connectivity index (χ4v) is 6.70. The van der Waals surface area contributed by atoms with Crippen LogP contribution in [0.4, 0.5) is 0 Å². The summed E-state index contributed by atoms with van der Waals surface area (Å²) in [4.78, 5) is 0. The van der Waals surface area contributed by atoms with Gasteiger partial charge in [-0.05, 0) is 26.2 Å². The zero-order chi connectivity index (χ0) is 31.6. The Morgan fingerprint density at radius 3 is 2.12 bits per heavy atom. The van der Waals surface area contributed by atoms with Crippen LogP contribution in [-0.4, -0.2) is 161 Å². The van der Waals surface area contributed by atoms with E-state index >= 15 is 0 Å². The first kappa shape index (κ1) is 35.2. The van der Waals surface area contributed by atoms with E-state index in [2.05, 4.69) is 5.32 Å². The molecule has 3 saturated heterocycles. The number of ether oxygens (including phenoxy) is 5. The van der Waals surface area contributed by atoms with Gasteiger partial charge in [0.1, 0.15) is 36.6 Å². The van der Waals surface area contributed by atoms with Gasteiger partial charge in [-0.2, -0.15) is 0 Å². The summed E-state index contributed by atoms with van der Waals surface area (Å²) in [6.07, 6.45) is -11.9. The quantitative estimate of drug-likeness (QED) is 0.102. The van der Waals surface area contributed by atoms with Crippen LogP contribution in [0.15, 0.2) is 0 Å². The van der Waals surface area contributed by atoms with Crippen LogP contribution >= 0.6 is 0 Å². The summed E-state index contributed by atoms with van der Waals surface area (Å²) in [6.45, 7) is 1.61. The number of aliphatic hydroxyl groups is 6. The fraction of sp³-hybridized carbons (Fsp3) is 1.00. The van der Waals surface area contributed by atoms with Crippen molar-refractivity contribution in [1.82, 2.24) is 5.32 Å². The normalized spacial score (nSPS) is 50.1. The van der Waals surface area contributed by atoms with E-state index in [-0.39, 0.29) is 31.7 Å². The molecule has 4 fully saturated rings. The molecule has 0 aromatic rings. The molecule has 0 amide bonds. The van der Waals surface area contributed by atoms with Crippen molar-refractivity contribution in [2.24, 2.45) is 34.6 Å². The molecule has 0 radical (unpaired) electrons. The maximum absolute atomic E-state index is 11.3. The standard InChI is InChI=1S/C26H52N6O11/c1-9(32-4-5-33)13-3-2-10(28)22(39-13)16-11(29)6-12(30)18(35)24(16)43-26-21(38)23(15(8-34)41-26)42-25-17(31)20(37)19(36)14(7-27)40-25/h9-26,32-38H,2-8,27-31H2,1H3/t9-,10+,11-,12+,13-,14-,15+,16?,17+,18-,19+,20+,21+,22-,23+,24-,25+,26-/m0/s1. The van der Waals surface area contributed by atoms with E-state index in [1.165, 1.54) is 0 Å². The lowest BCUT2D eigenvalue weighted by molar-refractivity contribution is -0.280. The molecular weight excluding hydrogens is 572 g/mol. The third-order valence-electron chi connectivity index (χ3n) is 9.28. The average molecular weight is 625 g/mol. The highest BCUT2D eigenvalue weighted by molar-refractivity contribution is 5.05. The molecule has 18 atom stereocenters. The third kappa shape index (κ3) is 7.50. The second-order valence-corrected chi connectivity index (χ2v) is 12.2. The van der Waals surface area contributed by atoms with Gasteiger partial charge in [0.05, 0.1) is 43.7 Å². The summed E-state index contributed by atoms with van der Waals surface area (Å²) < 4.78 is 30.0. The molecule has 17 heteroatoms. The highest BCUT2D eigenvalue weighted by Crippen LogP contribution is 2.38. The highest BCUT2D eigenvalue weighted by atomic mass is 16.7. The molecule has 0 aromatic carbocycles. The summed E-state index contributed by atoms with van der Waals surface area (Å²) in [7, 11) is 0. The Bertz CT molecular complexity index is 868. The van der Waals surface area contributed by atoms with E-state index in [9.17, 15) is 30.6 Å². The number of hydrogen-bond acceptors (Lipinski definition) is 17. The van der Waals surface area contributed by atoms with Crippen LogP contribution in [0.25, 0.3) is 0 Å². The molecule has 4 aliphatic rings. The zero-order valence-electron chi connectivity index (χ0n) is 24.5. The van der Waals surface area contributed by atoms with Gasteiger partial charge in [-0.3, -0.25) is 0 Å². The molecule has 1 aliphatic carbocycles. The highest BCUT2D eigenvalue weighted by Gasteiger charge is 2.55. The lowest BCUT2D eigenvalue weighted by Crippen LogP contribution is -2.67. The van der Waals surface area contributed by atoms with Crippen molar-refractivity contribution in [1.29, 1.82) is 0 Å². The summed E-state index contributed by atoms with van der Waals surface area (Å²) in [5, 5.41) is 65.4. The smallest absolute Gasteiger partial charge is 0.187 e. The summed E-state index contributed by atoms with van der Waals surface area (Å²) in [6, 6.07) is -3.04. The number of rotatable bonds is 11. The van der Waals surface area contributed by atoms with E-state index in [4.69, 9.17) is 52.4 Å². The van der Waals surface area contributed by atoms with E-state index in [1.807, 2.05) is 6.92 Å². The summed E-state index contributed by atoms with van der Waals surface area (Å²) >= 11 is 0. The third-order valence-corrected chi connectivity index (χ3v) is 9.28. The van der Waals surface area contributed by atoms with Crippen LogP contribution in [0.2, 0.25) is 0 Å². The molecule has 1 unspecified atom stereocenters. The van der Waals surface area contributed by atoms with Crippen LogP contribution in [0, 0.1) is 5.92 Å². The van der Waals surface area contributed by atoms with Crippen molar-refractivity contribution in [2.75, 3.05) is 26.3 Å². The van der Waals surface area contributed by atoms with Crippen molar-refractivity contribution in [3.8, 4) is 0 Å². The topological polar surface area (TPSA) is 310 Å². The van der Waals surface area contributed by atoms with Gasteiger partial charge in [-0.1, -0.05) is 0 Å². The maximum Gasteiger partial charge on any atom is 0.187 e. The van der Waals surface area contributed by atoms with Gasteiger partial charge >= 0.3 is 0 Å². The first-order chi connectivity index (χ1) is 20.4. The molecule has 0 aromatic heterocycles. The Balaban J connectivity index is 1.51. The predicted molar refractivity (Wildman–Crippen MR) is 150 cm³/mol. The molecule has 0 spiro atoms. The van der Waals surface area contributed by atoms with Crippen LogP contribution < -0.4 is 34.0 Å². The van der Waals surface area contributed by atoms with Gasteiger partial charge in [0.15, 0.2) is 12.6 Å². The van der Waals surface area contributed by atoms with E-state index in [0.717, 1.165) is 0 Å². The molecule has 43 heavy (non-hydrogen) atoms. The Morgan fingerprint density at radius 2 is 1.47 bits per heavy atom. The van der Waals surface area contributed by atoms with Gasteiger partial charge in [0, 0.05) is 43.2 Å². The Morgan fingerprint density at radius 1 is 0.791 bits per heavy atom. The molecule has 17 N–H and O–H groups in total. The molecule has 17 nitrogen and oxygen atoms in total. The fourth-order valence-electron chi connectivity index (χ4n) is 6.70. The molecule has 252 valence electrons. The maximum atomic E-state index is 11.3. The Hall–Kier alpha value is -0.680. The van der Waals surface area contributed by atoms with Gasteiger partial charge in [0.25, 0.3) is 0 Å². The van der Waals surface area contributed by atoms with Crippen molar-refractivity contribution in [3.63, 3.8) is 0 Å². The minimum Gasteiger partial charge on any atom is -0.395 e. The van der Waals surface area contributed by atoms with E-state index in [1.54, 1.807) is 0 Å². The van der Waals surface area contributed by atoms with Gasteiger partial charge in [0.2, 0.25) is 0 Å². The number of nitrogens with two attached hydrogens (primary N) is 5. The Kier molecular flexibility index (Phi) is 12.5. The lowest BCUT2D eigenvalue weighted by atomic mass is 9.72. The first-order valence-corrected chi connectivity index (χ1v) is 15.1. The molecular formula is C26H52N6O11. The monoisotopic (exact) mass is 624 g/mol. The molecule has 0 bridgehead atoms. The van der Waals surface area contributed by atoms with Crippen LogP contribution in [0.3, 0.4) is 0 Å². The van der Waals surface area contributed by atoms with Gasteiger partial charge in [-0.15, -0.1) is 0 Å². The van der Waals surface area contributed by atoms with Gasteiger partial charge in [-0.25, -0.2) is 0 Å².